The number of hydrogen-bond donors (Lipinski definition) is 2. The Kier molecular flexibility index (Phi) is 10.5. The molecule has 31 heavy (non-hydrogen) atoms. The number of nitrogens with zero attached hydrogens (tertiary/aromatic N) is 2. The molecule has 3 rings (SSSR count). The average Bonchev–Trinajstić information content (AvgIpc) is 3.21. The zero-order chi connectivity index (χ0) is 21.5. The molecule has 0 radical (unpaired) electrons. The van der Waals surface area contributed by atoms with E-state index in [4.69, 9.17) is 4.74 Å². The Labute approximate surface area is 202 Å². The molecule has 2 N–H and O–H groups in total. The van der Waals surface area contributed by atoms with E-state index in [2.05, 4.69) is 25.3 Å². The number of ether oxygens (including phenoxy) is 2. The standard InChI is InChI=1S/C20H29F3N4O2S.HI/c1-2-24-18(25-13-16-5-3-4-6-17(16)29-20(21,22)23)26-14-19(7-12-30-15-19)27-8-10-28-11-9-27;/h3-6H,2,7-15H2,1H3,(H2,24,25,26);1H. The fourth-order valence-corrected chi connectivity index (χ4v) is 5.23. The van der Waals surface area contributed by atoms with Crippen LogP contribution in [-0.2, 0) is 11.3 Å². The molecule has 0 amide bonds. The van der Waals surface area contributed by atoms with Gasteiger partial charge in [-0.3, -0.25) is 4.90 Å². The Hall–Kier alpha value is -0.920. The highest BCUT2D eigenvalue weighted by Gasteiger charge is 2.40. The molecule has 2 fully saturated rings. The van der Waals surface area contributed by atoms with E-state index < -0.39 is 6.36 Å². The van der Waals surface area contributed by atoms with Crippen molar-refractivity contribution in [3.05, 3.63) is 29.8 Å². The van der Waals surface area contributed by atoms with E-state index in [1.54, 1.807) is 12.1 Å². The predicted octanol–water partition coefficient (Wildman–Crippen LogP) is 3.47. The van der Waals surface area contributed by atoms with Gasteiger partial charge in [0.05, 0.1) is 19.8 Å². The van der Waals surface area contributed by atoms with E-state index in [-0.39, 0.29) is 41.8 Å². The minimum absolute atomic E-state index is 0. The number of guanidine groups is 1. The largest absolute Gasteiger partial charge is 0.573 e. The second kappa shape index (κ2) is 12.4. The quantitative estimate of drug-likeness (QED) is 0.296. The van der Waals surface area contributed by atoms with Gasteiger partial charge in [0, 0.05) is 43.0 Å². The molecule has 1 atom stereocenters. The van der Waals surface area contributed by atoms with Crippen LogP contribution in [0, 0.1) is 0 Å². The van der Waals surface area contributed by atoms with Gasteiger partial charge in [0.2, 0.25) is 0 Å². The van der Waals surface area contributed by atoms with Gasteiger partial charge in [-0.05, 0) is 25.2 Å². The van der Waals surface area contributed by atoms with E-state index >= 15 is 0 Å². The number of morpholine rings is 1. The van der Waals surface area contributed by atoms with Gasteiger partial charge < -0.3 is 20.1 Å². The Morgan fingerprint density at radius 1 is 1.26 bits per heavy atom. The van der Waals surface area contributed by atoms with Gasteiger partial charge >= 0.3 is 6.36 Å². The number of halogens is 4. The molecular formula is C20H30F3IN4O2S. The van der Waals surface area contributed by atoms with E-state index in [1.165, 1.54) is 12.1 Å². The first-order valence-corrected chi connectivity index (χ1v) is 11.3. The summed E-state index contributed by atoms with van der Waals surface area (Å²) in [4.78, 5) is 7.01. The first-order valence-electron chi connectivity index (χ1n) is 10.2. The molecule has 2 saturated heterocycles. The van der Waals surface area contributed by atoms with Crippen molar-refractivity contribution >= 4 is 41.7 Å². The summed E-state index contributed by atoms with van der Waals surface area (Å²) in [6.45, 7) is 6.75. The molecule has 2 heterocycles. The molecule has 0 saturated carbocycles. The maximum absolute atomic E-state index is 12.7. The number of para-hydroxylation sites is 1. The number of aliphatic imine (C=N–C) groups is 1. The van der Waals surface area contributed by atoms with E-state index in [9.17, 15) is 13.2 Å². The van der Waals surface area contributed by atoms with Gasteiger partial charge in [-0.1, -0.05) is 18.2 Å². The minimum Gasteiger partial charge on any atom is -0.405 e. The summed E-state index contributed by atoms with van der Waals surface area (Å²) in [5.41, 5.74) is 0.424. The zero-order valence-electron chi connectivity index (χ0n) is 17.5. The molecule has 0 spiro atoms. The number of benzene rings is 1. The molecule has 2 aliphatic rings. The maximum atomic E-state index is 12.7. The first-order chi connectivity index (χ1) is 14.4. The van der Waals surface area contributed by atoms with Crippen LogP contribution in [0.1, 0.15) is 18.9 Å². The van der Waals surface area contributed by atoms with Gasteiger partial charge in [0.25, 0.3) is 0 Å². The number of alkyl halides is 3. The van der Waals surface area contributed by atoms with Crippen LogP contribution in [0.15, 0.2) is 29.3 Å². The second-order valence-electron chi connectivity index (χ2n) is 7.33. The van der Waals surface area contributed by atoms with E-state index in [0.717, 1.165) is 50.8 Å². The lowest BCUT2D eigenvalue weighted by molar-refractivity contribution is -0.274. The Balaban J connectivity index is 0.00000341. The summed E-state index contributed by atoms with van der Waals surface area (Å²) in [7, 11) is 0. The third kappa shape index (κ3) is 7.86. The lowest BCUT2D eigenvalue weighted by Gasteiger charge is -2.43. The molecule has 1 aromatic carbocycles. The van der Waals surface area contributed by atoms with Crippen LogP contribution in [0.25, 0.3) is 0 Å². The summed E-state index contributed by atoms with van der Waals surface area (Å²) in [6, 6.07) is 6.10. The SMILES string of the molecule is CCNC(=NCc1ccccc1OC(F)(F)F)NCC1(N2CCOCC2)CCSC1.I. The third-order valence-corrected chi connectivity index (χ3v) is 6.53. The van der Waals surface area contributed by atoms with Crippen LogP contribution in [0.5, 0.6) is 5.75 Å². The van der Waals surface area contributed by atoms with Crippen molar-refractivity contribution in [2.45, 2.75) is 31.8 Å². The molecule has 6 nitrogen and oxygen atoms in total. The van der Waals surface area contributed by atoms with Gasteiger partial charge in [-0.15, -0.1) is 37.1 Å². The average molecular weight is 574 g/mol. The smallest absolute Gasteiger partial charge is 0.405 e. The summed E-state index contributed by atoms with van der Waals surface area (Å²) in [5, 5.41) is 6.61. The highest BCUT2D eigenvalue weighted by molar-refractivity contribution is 14.0. The number of hydrogen-bond acceptors (Lipinski definition) is 5. The van der Waals surface area contributed by atoms with E-state index in [1.807, 2.05) is 18.7 Å². The predicted molar refractivity (Wildman–Crippen MR) is 128 cm³/mol. The molecule has 0 bridgehead atoms. The van der Waals surface area contributed by atoms with Crippen LogP contribution >= 0.6 is 35.7 Å². The summed E-state index contributed by atoms with van der Waals surface area (Å²) in [5.74, 6) is 2.53. The van der Waals surface area contributed by atoms with Gasteiger partial charge in [-0.2, -0.15) is 11.8 Å². The Morgan fingerprint density at radius 3 is 2.65 bits per heavy atom. The van der Waals surface area contributed by atoms with Crippen LogP contribution in [0.3, 0.4) is 0 Å². The summed E-state index contributed by atoms with van der Waals surface area (Å²) >= 11 is 1.95. The molecule has 0 aromatic heterocycles. The lowest BCUT2D eigenvalue weighted by Crippen LogP contribution is -2.60. The molecular weight excluding hydrogens is 544 g/mol. The number of nitrogens with one attached hydrogen (secondary N) is 2. The molecule has 0 aliphatic carbocycles. The lowest BCUT2D eigenvalue weighted by atomic mass is 9.95. The molecule has 1 aromatic rings. The van der Waals surface area contributed by atoms with Crippen molar-refractivity contribution in [1.29, 1.82) is 0 Å². The minimum atomic E-state index is -4.73. The topological polar surface area (TPSA) is 58.1 Å². The molecule has 1 unspecified atom stereocenters. The second-order valence-corrected chi connectivity index (χ2v) is 8.44. The first kappa shape index (κ1) is 26.3. The molecule has 11 heteroatoms. The van der Waals surface area contributed by atoms with Gasteiger partial charge in [0.1, 0.15) is 5.75 Å². The number of rotatable bonds is 7. The normalized spacial score (nSPS) is 22.6. The monoisotopic (exact) mass is 574 g/mol. The number of thioether (sulfide) groups is 1. The van der Waals surface area contributed by atoms with Crippen molar-refractivity contribution in [3.63, 3.8) is 0 Å². The van der Waals surface area contributed by atoms with Crippen molar-refractivity contribution in [2.75, 3.05) is 50.9 Å². The zero-order valence-corrected chi connectivity index (χ0v) is 20.7. The van der Waals surface area contributed by atoms with Crippen molar-refractivity contribution in [2.24, 2.45) is 4.99 Å². The van der Waals surface area contributed by atoms with Crippen LogP contribution < -0.4 is 15.4 Å². The van der Waals surface area contributed by atoms with E-state index in [0.29, 0.717) is 18.1 Å². The van der Waals surface area contributed by atoms with Crippen LogP contribution in [0.4, 0.5) is 13.2 Å². The van der Waals surface area contributed by atoms with Crippen molar-refractivity contribution < 1.29 is 22.6 Å². The highest BCUT2D eigenvalue weighted by Crippen LogP contribution is 2.33. The summed E-state index contributed by atoms with van der Waals surface area (Å²) < 4.78 is 47.6. The Morgan fingerprint density at radius 2 is 2.00 bits per heavy atom. The third-order valence-electron chi connectivity index (χ3n) is 5.30. The Bertz CT molecular complexity index is 712. The maximum Gasteiger partial charge on any atom is 0.573 e. The van der Waals surface area contributed by atoms with Crippen molar-refractivity contribution in [3.8, 4) is 5.75 Å². The van der Waals surface area contributed by atoms with Crippen molar-refractivity contribution in [1.82, 2.24) is 15.5 Å². The van der Waals surface area contributed by atoms with Crippen LogP contribution in [-0.4, -0.2) is 73.7 Å². The summed E-state index contributed by atoms with van der Waals surface area (Å²) in [6.07, 6.45) is -3.64. The molecule has 176 valence electrons. The van der Waals surface area contributed by atoms with Gasteiger partial charge in [0.15, 0.2) is 5.96 Å². The van der Waals surface area contributed by atoms with Gasteiger partial charge in [-0.25, -0.2) is 4.99 Å². The fourth-order valence-electron chi connectivity index (χ4n) is 3.75. The van der Waals surface area contributed by atoms with Crippen LogP contribution in [0.2, 0.25) is 0 Å². The fraction of sp³-hybridized carbons (Fsp3) is 0.650. The molecule has 2 aliphatic heterocycles. The highest BCUT2D eigenvalue weighted by atomic mass is 127.